The van der Waals surface area contributed by atoms with E-state index in [1.807, 2.05) is 36.6 Å². The number of likely N-dealkylation sites (N-methyl/N-ethyl adjacent to an activating group) is 1. The molecule has 1 heterocycles. The monoisotopic (exact) mass is 273 g/mol. The summed E-state index contributed by atoms with van der Waals surface area (Å²) < 4.78 is 0. The molecule has 0 saturated carbocycles. The topological polar surface area (TPSA) is 46.2 Å². The van der Waals surface area contributed by atoms with Gasteiger partial charge < -0.3 is 5.32 Å². The molecule has 0 saturated heterocycles. The van der Waals surface area contributed by atoms with Crippen molar-refractivity contribution in [1.82, 2.24) is 5.32 Å². The fourth-order valence-electron chi connectivity index (χ4n) is 1.84. The molecule has 0 bridgehead atoms. The van der Waals surface area contributed by atoms with Crippen LogP contribution < -0.4 is 5.32 Å². The van der Waals surface area contributed by atoms with E-state index in [2.05, 4.69) is 5.32 Å². The van der Waals surface area contributed by atoms with Crippen LogP contribution in [0.5, 0.6) is 0 Å². The number of thiophene rings is 1. The Balaban J connectivity index is 2.19. The molecule has 4 heteroatoms. The molecule has 1 aromatic heterocycles. The second kappa shape index (κ2) is 5.80. The molecular formula is C15H15NO2S. The number of rotatable bonds is 4. The number of amides is 1. The minimum absolute atomic E-state index is 0.0224. The van der Waals surface area contributed by atoms with Crippen LogP contribution in [-0.4, -0.2) is 18.7 Å². The molecule has 1 unspecified atom stereocenters. The Bertz CT molecular complexity index is 573. The lowest BCUT2D eigenvalue weighted by molar-refractivity contribution is -0.121. The van der Waals surface area contributed by atoms with Crippen molar-refractivity contribution < 1.29 is 9.59 Å². The Hall–Kier alpha value is -1.94. The molecule has 1 atom stereocenters. The summed E-state index contributed by atoms with van der Waals surface area (Å²) in [5, 5.41) is 4.50. The number of carbonyl (C=O) groups excluding carboxylic acids is 2. The first-order valence-corrected chi connectivity index (χ1v) is 6.91. The molecule has 0 aliphatic heterocycles. The summed E-state index contributed by atoms with van der Waals surface area (Å²) in [6, 6.07) is 10.9. The van der Waals surface area contributed by atoms with Crippen LogP contribution in [-0.2, 0) is 4.79 Å². The van der Waals surface area contributed by atoms with Crippen molar-refractivity contribution in [3.63, 3.8) is 0 Å². The van der Waals surface area contributed by atoms with Crippen molar-refractivity contribution in [2.24, 2.45) is 0 Å². The maximum absolute atomic E-state index is 12.1. The number of hydrogen-bond donors (Lipinski definition) is 1. The van der Waals surface area contributed by atoms with Crippen LogP contribution >= 0.6 is 11.3 Å². The summed E-state index contributed by atoms with van der Waals surface area (Å²) in [4.78, 5) is 24.4. The van der Waals surface area contributed by atoms with Gasteiger partial charge in [-0.25, -0.2) is 0 Å². The standard InChI is InChI=1S/C15H15NO2S/c1-10(15(18)16-2)11-5-7-12(8-6-11)14(17)13-4-3-9-19-13/h3-10H,1-2H3,(H,16,18). The van der Waals surface area contributed by atoms with E-state index in [4.69, 9.17) is 0 Å². The summed E-state index contributed by atoms with van der Waals surface area (Å²) >= 11 is 1.43. The van der Waals surface area contributed by atoms with Crippen molar-refractivity contribution in [1.29, 1.82) is 0 Å². The summed E-state index contributed by atoms with van der Waals surface area (Å²) in [5.74, 6) is -0.220. The Labute approximate surface area is 116 Å². The fraction of sp³-hybridized carbons (Fsp3) is 0.200. The minimum Gasteiger partial charge on any atom is -0.359 e. The average Bonchev–Trinajstić information content (AvgIpc) is 2.99. The van der Waals surface area contributed by atoms with Gasteiger partial charge in [0.05, 0.1) is 10.8 Å². The molecule has 1 aromatic carbocycles. The maximum atomic E-state index is 12.1. The van der Waals surface area contributed by atoms with Gasteiger partial charge >= 0.3 is 0 Å². The molecule has 98 valence electrons. The normalized spacial score (nSPS) is 11.9. The predicted molar refractivity (Wildman–Crippen MR) is 76.7 cm³/mol. The maximum Gasteiger partial charge on any atom is 0.227 e. The highest BCUT2D eigenvalue weighted by Crippen LogP contribution is 2.19. The van der Waals surface area contributed by atoms with E-state index in [9.17, 15) is 9.59 Å². The van der Waals surface area contributed by atoms with Gasteiger partial charge in [-0.3, -0.25) is 9.59 Å². The van der Waals surface area contributed by atoms with Crippen molar-refractivity contribution in [3.05, 3.63) is 57.8 Å². The van der Waals surface area contributed by atoms with Gasteiger partial charge in [0.15, 0.2) is 0 Å². The van der Waals surface area contributed by atoms with Crippen LogP contribution in [0.25, 0.3) is 0 Å². The first kappa shape index (κ1) is 13.5. The molecule has 0 radical (unpaired) electrons. The lowest BCUT2D eigenvalue weighted by atomic mass is 9.98. The zero-order chi connectivity index (χ0) is 13.8. The number of hydrogen-bond acceptors (Lipinski definition) is 3. The van der Waals surface area contributed by atoms with Crippen LogP contribution in [0.2, 0.25) is 0 Å². The molecule has 0 fully saturated rings. The third-order valence-electron chi connectivity index (χ3n) is 3.06. The van der Waals surface area contributed by atoms with Gasteiger partial charge in [-0.05, 0) is 23.9 Å². The Morgan fingerprint density at radius 1 is 1.16 bits per heavy atom. The van der Waals surface area contributed by atoms with Gasteiger partial charge in [-0.2, -0.15) is 0 Å². The van der Waals surface area contributed by atoms with Crippen molar-refractivity contribution in [2.75, 3.05) is 7.05 Å². The van der Waals surface area contributed by atoms with Gasteiger partial charge in [-0.15, -0.1) is 11.3 Å². The Morgan fingerprint density at radius 3 is 2.37 bits per heavy atom. The zero-order valence-corrected chi connectivity index (χ0v) is 11.7. The Morgan fingerprint density at radius 2 is 1.84 bits per heavy atom. The van der Waals surface area contributed by atoms with Gasteiger partial charge in [0.25, 0.3) is 0 Å². The molecule has 3 nitrogen and oxygen atoms in total. The summed E-state index contributed by atoms with van der Waals surface area (Å²) in [5.41, 5.74) is 1.55. The van der Waals surface area contributed by atoms with E-state index in [-0.39, 0.29) is 17.6 Å². The number of nitrogens with one attached hydrogen (secondary N) is 1. The number of ketones is 1. The molecule has 2 rings (SSSR count). The van der Waals surface area contributed by atoms with Crippen LogP contribution in [0.15, 0.2) is 41.8 Å². The quantitative estimate of drug-likeness (QED) is 0.871. The first-order chi connectivity index (χ1) is 9.13. The van der Waals surface area contributed by atoms with Crippen molar-refractivity contribution in [3.8, 4) is 0 Å². The van der Waals surface area contributed by atoms with E-state index >= 15 is 0 Å². The highest BCUT2D eigenvalue weighted by atomic mass is 32.1. The SMILES string of the molecule is CNC(=O)C(C)c1ccc(C(=O)c2cccs2)cc1. The molecule has 0 aliphatic rings. The van der Waals surface area contributed by atoms with Crippen LogP contribution in [0, 0.1) is 0 Å². The molecule has 1 N–H and O–H groups in total. The van der Waals surface area contributed by atoms with E-state index in [0.717, 1.165) is 10.4 Å². The third kappa shape index (κ3) is 2.90. The van der Waals surface area contributed by atoms with E-state index in [1.165, 1.54) is 11.3 Å². The van der Waals surface area contributed by atoms with E-state index in [1.54, 1.807) is 19.2 Å². The second-order valence-corrected chi connectivity index (χ2v) is 5.21. The van der Waals surface area contributed by atoms with Gasteiger partial charge in [0.1, 0.15) is 0 Å². The molecule has 19 heavy (non-hydrogen) atoms. The average molecular weight is 273 g/mol. The summed E-state index contributed by atoms with van der Waals surface area (Å²) in [6.07, 6.45) is 0. The number of carbonyl (C=O) groups is 2. The van der Waals surface area contributed by atoms with Crippen molar-refractivity contribution >= 4 is 23.0 Å². The molecule has 0 aliphatic carbocycles. The van der Waals surface area contributed by atoms with Gasteiger partial charge in [-0.1, -0.05) is 30.3 Å². The highest BCUT2D eigenvalue weighted by Gasteiger charge is 2.15. The molecule has 2 aromatic rings. The lowest BCUT2D eigenvalue weighted by Crippen LogP contribution is -2.23. The largest absolute Gasteiger partial charge is 0.359 e. The summed E-state index contributed by atoms with van der Waals surface area (Å²) in [7, 11) is 1.62. The highest BCUT2D eigenvalue weighted by molar-refractivity contribution is 7.12. The summed E-state index contributed by atoms with van der Waals surface area (Å²) in [6.45, 7) is 1.84. The van der Waals surface area contributed by atoms with Crippen molar-refractivity contribution in [2.45, 2.75) is 12.8 Å². The molecule has 0 spiro atoms. The second-order valence-electron chi connectivity index (χ2n) is 4.26. The zero-order valence-electron chi connectivity index (χ0n) is 10.8. The lowest BCUT2D eigenvalue weighted by Gasteiger charge is -2.10. The third-order valence-corrected chi connectivity index (χ3v) is 3.93. The molecule has 1 amide bonds. The number of benzene rings is 1. The van der Waals surface area contributed by atoms with Crippen LogP contribution in [0.1, 0.15) is 33.6 Å². The van der Waals surface area contributed by atoms with E-state index < -0.39 is 0 Å². The Kier molecular flexibility index (Phi) is 4.12. The van der Waals surface area contributed by atoms with Crippen LogP contribution in [0.4, 0.5) is 0 Å². The smallest absolute Gasteiger partial charge is 0.227 e. The fourth-order valence-corrected chi connectivity index (χ4v) is 2.53. The minimum atomic E-state index is -0.212. The van der Waals surface area contributed by atoms with Gasteiger partial charge in [0, 0.05) is 12.6 Å². The molecular weight excluding hydrogens is 258 g/mol. The predicted octanol–water partition coefficient (Wildman–Crippen LogP) is 2.83. The van der Waals surface area contributed by atoms with Gasteiger partial charge in [0.2, 0.25) is 11.7 Å². The van der Waals surface area contributed by atoms with E-state index in [0.29, 0.717) is 5.56 Å². The first-order valence-electron chi connectivity index (χ1n) is 6.03. The van der Waals surface area contributed by atoms with Crippen LogP contribution in [0.3, 0.4) is 0 Å².